The normalized spacial score (nSPS) is 28.4. The van der Waals surface area contributed by atoms with E-state index in [1.54, 1.807) is 0 Å². The molecule has 4 atom stereocenters. The summed E-state index contributed by atoms with van der Waals surface area (Å²) in [6.07, 6.45) is 2.74. The van der Waals surface area contributed by atoms with Crippen molar-refractivity contribution >= 4 is 11.4 Å². The minimum Gasteiger partial charge on any atom is -0.368 e. The van der Waals surface area contributed by atoms with Gasteiger partial charge in [0, 0.05) is 17.9 Å². The van der Waals surface area contributed by atoms with Gasteiger partial charge >= 0.3 is 0 Å². The van der Waals surface area contributed by atoms with E-state index < -0.39 is 0 Å². The molecule has 4 heteroatoms. The van der Waals surface area contributed by atoms with Gasteiger partial charge in [0.25, 0.3) is 0 Å². The molecule has 0 radical (unpaired) electrons. The Morgan fingerprint density at radius 2 is 1.23 bits per heavy atom. The molecule has 2 saturated heterocycles. The van der Waals surface area contributed by atoms with Gasteiger partial charge in [0.1, 0.15) is 0 Å². The molecular weight excluding hydrogens is 476 g/mol. The van der Waals surface area contributed by atoms with E-state index in [0.29, 0.717) is 0 Å². The van der Waals surface area contributed by atoms with Gasteiger partial charge in [-0.05, 0) is 97.9 Å². The molecule has 0 unspecified atom stereocenters. The van der Waals surface area contributed by atoms with Crippen LogP contribution in [0.3, 0.4) is 0 Å². The lowest BCUT2D eigenvalue weighted by molar-refractivity contribution is 0.307. The van der Waals surface area contributed by atoms with Crippen LogP contribution in [0.1, 0.15) is 46.2 Å². The number of fused-ring (bicyclic) bond motifs is 6. The van der Waals surface area contributed by atoms with E-state index in [9.17, 15) is 0 Å². The Morgan fingerprint density at radius 3 is 1.87 bits per heavy atom. The molecule has 0 saturated carbocycles. The molecule has 4 nitrogen and oxygen atoms in total. The number of hydrogen-bond acceptors (Lipinski definition) is 4. The summed E-state index contributed by atoms with van der Waals surface area (Å²) < 4.78 is 0. The summed E-state index contributed by atoms with van der Waals surface area (Å²) in [6, 6.07) is 32.6. The van der Waals surface area contributed by atoms with E-state index in [-0.39, 0.29) is 23.2 Å². The fraction of sp³-hybridized carbons (Fsp3) is 0.314. The fourth-order valence-corrected chi connectivity index (χ4v) is 8.07. The van der Waals surface area contributed by atoms with Crippen molar-refractivity contribution in [1.29, 1.82) is 0 Å². The summed E-state index contributed by atoms with van der Waals surface area (Å²) in [7, 11) is 2.25. The van der Waals surface area contributed by atoms with Crippen molar-refractivity contribution in [2.75, 3.05) is 30.8 Å². The molecule has 4 aromatic rings. The minimum absolute atomic E-state index is 0.0321. The number of aryl methyl sites for hydroxylation is 2. The lowest BCUT2D eigenvalue weighted by Gasteiger charge is -2.32. The summed E-state index contributed by atoms with van der Waals surface area (Å²) in [6.45, 7) is 6.46. The van der Waals surface area contributed by atoms with Crippen molar-refractivity contribution in [2.45, 2.75) is 49.9 Å². The quantitative estimate of drug-likeness (QED) is 0.298. The molecule has 8 rings (SSSR count). The second-order valence-electron chi connectivity index (χ2n) is 12.3. The zero-order valence-electron chi connectivity index (χ0n) is 23.0. The predicted molar refractivity (Wildman–Crippen MR) is 160 cm³/mol. The smallest absolute Gasteiger partial charge is 0.0932 e. The molecule has 0 aromatic heterocycles. The van der Waals surface area contributed by atoms with Crippen LogP contribution in [0.5, 0.6) is 0 Å². The molecule has 0 aliphatic carbocycles. The monoisotopic (exact) mass is 512 g/mol. The van der Waals surface area contributed by atoms with E-state index in [0.717, 1.165) is 25.9 Å². The van der Waals surface area contributed by atoms with Crippen molar-refractivity contribution in [3.8, 4) is 11.1 Å². The molecule has 0 bridgehead atoms. The molecule has 0 amide bonds. The number of nitrogens with zero attached hydrogens (tertiary/aromatic N) is 1. The second-order valence-corrected chi connectivity index (χ2v) is 12.3. The van der Waals surface area contributed by atoms with E-state index in [4.69, 9.17) is 0 Å². The van der Waals surface area contributed by atoms with Gasteiger partial charge in [-0.15, -0.1) is 0 Å². The number of benzene rings is 4. The molecule has 196 valence electrons. The maximum Gasteiger partial charge on any atom is 0.0932 e. The number of likely N-dealkylation sites (tertiary alicyclic amines) is 1. The fourth-order valence-electron chi connectivity index (χ4n) is 8.07. The summed E-state index contributed by atoms with van der Waals surface area (Å²) in [5.74, 6) is 0. The largest absolute Gasteiger partial charge is 0.368 e. The van der Waals surface area contributed by atoms with Gasteiger partial charge < -0.3 is 10.6 Å². The van der Waals surface area contributed by atoms with Gasteiger partial charge in [0.15, 0.2) is 0 Å². The van der Waals surface area contributed by atoms with Gasteiger partial charge in [-0.3, -0.25) is 10.2 Å². The lowest BCUT2D eigenvalue weighted by Crippen LogP contribution is -2.42. The van der Waals surface area contributed by atoms with Gasteiger partial charge in [-0.1, -0.05) is 71.8 Å². The van der Waals surface area contributed by atoms with Crippen LogP contribution in [0.2, 0.25) is 0 Å². The van der Waals surface area contributed by atoms with Crippen molar-refractivity contribution in [2.24, 2.45) is 0 Å². The Balaban J connectivity index is 1.26. The average Bonchev–Trinajstić information content (AvgIpc) is 3.68. The van der Waals surface area contributed by atoms with Crippen molar-refractivity contribution < 1.29 is 0 Å². The topological polar surface area (TPSA) is 39.3 Å². The summed E-state index contributed by atoms with van der Waals surface area (Å²) in [4.78, 5) is 2.49. The second kappa shape index (κ2) is 8.20. The molecule has 3 N–H and O–H groups in total. The van der Waals surface area contributed by atoms with Crippen LogP contribution in [0.4, 0.5) is 11.4 Å². The molecule has 39 heavy (non-hydrogen) atoms. The highest BCUT2D eigenvalue weighted by molar-refractivity contribution is 5.78. The van der Waals surface area contributed by atoms with E-state index in [2.05, 4.69) is 127 Å². The maximum atomic E-state index is 3.89. The van der Waals surface area contributed by atoms with Crippen LogP contribution in [0.25, 0.3) is 11.1 Å². The molecular formula is C35H36N4. The van der Waals surface area contributed by atoms with Crippen molar-refractivity contribution in [3.63, 3.8) is 0 Å². The number of anilines is 2. The Labute approximate surface area is 231 Å². The summed E-state index contributed by atoms with van der Waals surface area (Å²) >= 11 is 0. The predicted octanol–water partition coefficient (Wildman–Crippen LogP) is 6.37. The lowest BCUT2D eigenvalue weighted by atomic mass is 9.72. The molecule has 2 fully saturated rings. The van der Waals surface area contributed by atoms with Crippen molar-refractivity contribution in [3.05, 3.63) is 118 Å². The molecule has 4 aliphatic rings. The Bertz CT molecular complexity index is 1590. The van der Waals surface area contributed by atoms with Gasteiger partial charge in [-0.2, -0.15) is 0 Å². The van der Waals surface area contributed by atoms with Crippen LogP contribution < -0.4 is 16.0 Å². The van der Waals surface area contributed by atoms with Crippen LogP contribution >= 0.6 is 0 Å². The van der Waals surface area contributed by atoms with Gasteiger partial charge in [-0.25, -0.2) is 0 Å². The first-order chi connectivity index (χ1) is 19.0. The van der Waals surface area contributed by atoms with E-state index in [1.807, 2.05) is 0 Å². The first-order valence-electron chi connectivity index (χ1n) is 14.4. The molecule has 4 aromatic carbocycles. The molecule has 0 spiro atoms. The standard InChI is InChI=1S/C35H36N4/c1-22-4-10-26(11-5-22)34-16-18-36-32(34)37-30-14-8-24(20-28(30)34)25-9-15-31-29(21-25)35(17-19-39(3)33(35)38-31)27-12-6-23(2)7-13-27/h4-15,20-21,32-33,36-38H,16-19H2,1-3H3/t32-,33+,34-,35-/m0/s1. The number of likely N-dealkylation sites (N-methyl/N-ethyl adjacent to an activating group) is 1. The number of rotatable bonds is 3. The number of hydrogen-bond donors (Lipinski definition) is 3. The molecule has 4 aliphatic heterocycles. The minimum atomic E-state index is -0.0420. The molecule has 4 heterocycles. The zero-order valence-corrected chi connectivity index (χ0v) is 23.0. The number of nitrogens with one attached hydrogen (secondary N) is 3. The average molecular weight is 513 g/mol. The van der Waals surface area contributed by atoms with E-state index >= 15 is 0 Å². The third-order valence-corrected chi connectivity index (χ3v) is 10.2. The zero-order chi connectivity index (χ0) is 26.4. The highest BCUT2D eigenvalue weighted by atomic mass is 15.3. The van der Waals surface area contributed by atoms with Crippen LogP contribution in [-0.2, 0) is 10.8 Å². The SMILES string of the molecule is Cc1ccc([C@]23CCN[C@H]2Nc2ccc(-c4ccc5c(c4)[C@@]4(c6ccc(C)cc6)CCN(C)[C@H]4N5)cc23)cc1. The maximum absolute atomic E-state index is 3.89. The Kier molecular flexibility index (Phi) is 4.90. The summed E-state index contributed by atoms with van der Waals surface area (Å²) in [5.41, 5.74) is 13.4. The first-order valence-corrected chi connectivity index (χ1v) is 14.4. The van der Waals surface area contributed by atoms with Crippen LogP contribution in [0, 0.1) is 13.8 Å². The van der Waals surface area contributed by atoms with Gasteiger partial charge in [0.2, 0.25) is 0 Å². The highest BCUT2D eigenvalue weighted by Gasteiger charge is 2.54. The van der Waals surface area contributed by atoms with Gasteiger partial charge in [0.05, 0.1) is 23.2 Å². The van der Waals surface area contributed by atoms with Crippen molar-refractivity contribution in [1.82, 2.24) is 10.2 Å². The Hall–Kier alpha value is -3.60. The van der Waals surface area contributed by atoms with Crippen LogP contribution in [0.15, 0.2) is 84.9 Å². The van der Waals surface area contributed by atoms with Crippen LogP contribution in [-0.4, -0.2) is 37.4 Å². The third kappa shape index (κ3) is 3.13. The Morgan fingerprint density at radius 1 is 0.667 bits per heavy atom. The summed E-state index contributed by atoms with van der Waals surface area (Å²) in [5, 5.41) is 11.4. The van der Waals surface area contributed by atoms with E-state index in [1.165, 1.54) is 55.9 Å². The third-order valence-electron chi connectivity index (χ3n) is 10.2. The highest BCUT2D eigenvalue weighted by Crippen LogP contribution is 2.54. The first kappa shape index (κ1) is 23.3.